The average Bonchev–Trinajstić information content (AvgIpc) is 2.69. The molecule has 4 heteroatoms. The largest absolute Gasteiger partial charge is 0.490 e. The molecule has 0 spiro atoms. The van der Waals surface area contributed by atoms with Crippen molar-refractivity contribution in [3.05, 3.63) is 95.1 Å². The van der Waals surface area contributed by atoms with Crippen LogP contribution in [0.2, 0.25) is 0 Å². The lowest BCUT2D eigenvalue weighted by atomic mass is 10.0. The number of carboxylic acid groups (broad SMARTS) is 1. The summed E-state index contributed by atoms with van der Waals surface area (Å²) in [6, 6.07) is 22.5. The third kappa shape index (κ3) is 5.98. The Labute approximate surface area is 171 Å². The zero-order valence-corrected chi connectivity index (χ0v) is 16.6. The first-order valence-corrected chi connectivity index (χ1v) is 9.45. The highest BCUT2D eigenvalue weighted by Crippen LogP contribution is 2.21. The van der Waals surface area contributed by atoms with Gasteiger partial charge in [-0.3, -0.25) is 0 Å². The van der Waals surface area contributed by atoms with Gasteiger partial charge in [0.25, 0.3) is 0 Å². The molecule has 0 bridgehead atoms. The number of benzene rings is 3. The molecular weight excluding hydrogens is 364 g/mol. The standard InChI is InChI=1S/C25H24O4/c1-18-13-19(2)15-23(14-18)29-12-11-28-22-10-6-7-20(16-22)17-24(25(26)27)21-8-4-3-5-9-21/h3-10,13-17H,11-12H2,1-2H3,(H,26,27)/b24-17-. The van der Waals surface area contributed by atoms with Crippen molar-refractivity contribution in [2.45, 2.75) is 13.8 Å². The van der Waals surface area contributed by atoms with Gasteiger partial charge in [-0.15, -0.1) is 0 Å². The zero-order chi connectivity index (χ0) is 20.6. The highest BCUT2D eigenvalue weighted by molar-refractivity contribution is 6.20. The molecule has 4 nitrogen and oxygen atoms in total. The molecule has 1 N–H and O–H groups in total. The van der Waals surface area contributed by atoms with Gasteiger partial charge >= 0.3 is 5.97 Å². The predicted octanol–water partition coefficient (Wildman–Crippen LogP) is 5.39. The van der Waals surface area contributed by atoms with E-state index in [0.29, 0.717) is 24.5 Å². The van der Waals surface area contributed by atoms with E-state index in [9.17, 15) is 9.90 Å². The molecule has 0 atom stereocenters. The molecule has 0 aliphatic rings. The first kappa shape index (κ1) is 20.2. The van der Waals surface area contributed by atoms with E-state index in [1.54, 1.807) is 18.2 Å². The Kier molecular flexibility index (Phi) is 6.69. The van der Waals surface area contributed by atoms with Crippen LogP contribution in [-0.4, -0.2) is 24.3 Å². The van der Waals surface area contributed by atoms with Crippen LogP contribution in [0.25, 0.3) is 11.6 Å². The van der Waals surface area contributed by atoms with Crippen molar-refractivity contribution in [1.29, 1.82) is 0 Å². The Morgan fingerprint density at radius 3 is 2.14 bits per heavy atom. The topological polar surface area (TPSA) is 55.8 Å². The summed E-state index contributed by atoms with van der Waals surface area (Å²) in [6.45, 7) is 4.89. The van der Waals surface area contributed by atoms with E-state index in [-0.39, 0.29) is 5.57 Å². The fourth-order valence-electron chi connectivity index (χ4n) is 3.08. The highest BCUT2D eigenvalue weighted by atomic mass is 16.5. The number of hydrogen-bond donors (Lipinski definition) is 1. The van der Waals surface area contributed by atoms with Crippen LogP contribution in [0.5, 0.6) is 11.5 Å². The molecule has 0 radical (unpaired) electrons. The number of carbonyl (C=O) groups is 1. The summed E-state index contributed by atoms with van der Waals surface area (Å²) in [7, 11) is 0. The van der Waals surface area contributed by atoms with E-state index in [4.69, 9.17) is 9.47 Å². The van der Waals surface area contributed by atoms with Crippen LogP contribution in [0.3, 0.4) is 0 Å². The maximum absolute atomic E-state index is 11.7. The minimum atomic E-state index is -0.968. The fraction of sp³-hybridized carbons (Fsp3) is 0.160. The van der Waals surface area contributed by atoms with Crippen LogP contribution in [0, 0.1) is 13.8 Å². The van der Waals surface area contributed by atoms with Gasteiger partial charge in [-0.25, -0.2) is 4.79 Å². The lowest BCUT2D eigenvalue weighted by Crippen LogP contribution is -2.09. The summed E-state index contributed by atoms with van der Waals surface area (Å²) in [5, 5.41) is 9.56. The van der Waals surface area contributed by atoms with Crippen molar-refractivity contribution in [2.24, 2.45) is 0 Å². The Hall–Kier alpha value is -3.53. The van der Waals surface area contributed by atoms with Crippen molar-refractivity contribution in [2.75, 3.05) is 13.2 Å². The molecule has 0 saturated heterocycles. The molecule has 3 aromatic carbocycles. The SMILES string of the molecule is Cc1cc(C)cc(OCCOc2cccc(/C=C(\C(=O)O)c3ccccc3)c2)c1. The zero-order valence-electron chi connectivity index (χ0n) is 16.6. The Balaban J connectivity index is 1.64. The van der Waals surface area contributed by atoms with Crippen molar-refractivity contribution < 1.29 is 19.4 Å². The van der Waals surface area contributed by atoms with Crippen LogP contribution < -0.4 is 9.47 Å². The molecule has 0 heterocycles. The maximum Gasteiger partial charge on any atom is 0.336 e. The second-order valence-corrected chi connectivity index (χ2v) is 6.82. The molecule has 0 unspecified atom stereocenters. The van der Waals surface area contributed by atoms with E-state index >= 15 is 0 Å². The first-order valence-electron chi connectivity index (χ1n) is 9.45. The van der Waals surface area contributed by atoms with E-state index in [1.807, 2.05) is 68.4 Å². The van der Waals surface area contributed by atoms with Gasteiger partial charge in [0.05, 0.1) is 5.57 Å². The van der Waals surface area contributed by atoms with Crippen LogP contribution in [0.1, 0.15) is 22.3 Å². The van der Waals surface area contributed by atoms with Gasteiger partial charge in [0.2, 0.25) is 0 Å². The number of hydrogen-bond acceptors (Lipinski definition) is 3. The van der Waals surface area contributed by atoms with Crippen LogP contribution in [0.4, 0.5) is 0 Å². The van der Waals surface area contributed by atoms with E-state index in [0.717, 1.165) is 22.4 Å². The highest BCUT2D eigenvalue weighted by Gasteiger charge is 2.10. The lowest BCUT2D eigenvalue weighted by Gasteiger charge is -2.10. The fourth-order valence-corrected chi connectivity index (χ4v) is 3.08. The van der Waals surface area contributed by atoms with Crippen molar-refractivity contribution in [3.8, 4) is 11.5 Å². The molecule has 0 saturated carbocycles. The van der Waals surface area contributed by atoms with Crippen molar-refractivity contribution in [1.82, 2.24) is 0 Å². The van der Waals surface area contributed by atoms with Gasteiger partial charge in [0.15, 0.2) is 0 Å². The molecular formula is C25H24O4. The normalized spacial score (nSPS) is 11.2. The lowest BCUT2D eigenvalue weighted by molar-refractivity contribution is -0.130. The molecule has 0 aliphatic heterocycles. The summed E-state index contributed by atoms with van der Waals surface area (Å²) in [5.74, 6) is 0.529. The summed E-state index contributed by atoms with van der Waals surface area (Å²) in [4.78, 5) is 11.7. The Morgan fingerprint density at radius 2 is 1.48 bits per heavy atom. The smallest absolute Gasteiger partial charge is 0.336 e. The van der Waals surface area contributed by atoms with Crippen LogP contribution in [0.15, 0.2) is 72.8 Å². The van der Waals surface area contributed by atoms with E-state index in [1.165, 1.54) is 0 Å². The van der Waals surface area contributed by atoms with Gasteiger partial charge in [0.1, 0.15) is 24.7 Å². The molecule has 148 valence electrons. The molecule has 0 amide bonds. The first-order chi connectivity index (χ1) is 14.0. The molecule has 0 aromatic heterocycles. The number of carboxylic acids is 1. The van der Waals surface area contributed by atoms with E-state index in [2.05, 4.69) is 6.07 Å². The number of aryl methyl sites for hydroxylation is 2. The van der Waals surface area contributed by atoms with Gasteiger partial charge in [0, 0.05) is 0 Å². The molecule has 3 aromatic rings. The van der Waals surface area contributed by atoms with E-state index < -0.39 is 5.97 Å². The molecule has 29 heavy (non-hydrogen) atoms. The monoisotopic (exact) mass is 388 g/mol. The molecule has 0 fully saturated rings. The minimum Gasteiger partial charge on any atom is -0.490 e. The third-order valence-electron chi connectivity index (χ3n) is 4.30. The second kappa shape index (κ2) is 9.60. The quantitative estimate of drug-likeness (QED) is 0.319. The molecule has 0 aliphatic carbocycles. The Morgan fingerprint density at radius 1 is 0.828 bits per heavy atom. The summed E-state index contributed by atoms with van der Waals surface area (Å²) < 4.78 is 11.5. The van der Waals surface area contributed by atoms with Crippen LogP contribution >= 0.6 is 0 Å². The molecule has 3 rings (SSSR count). The number of ether oxygens (including phenoxy) is 2. The summed E-state index contributed by atoms with van der Waals surface area (Å²) >= 11 is 0. The number of aliphatic carboxylic acids is 1. The predicted molar refractivity (Wildman–Crippen MR) is 115 cm³/mol. The van der Waals surface area contributed by atoms with Gasteiger partial charge < -0.3 is 14.6 Å². The summed E-state index contributed by atoms with van der Waals surface area (Å²) in [5.41, 5.74) is 3.98. The maximum atomic E-state index is 11.7. The number of rotatable bonds is 8. The van der Waals surface area contributed by atoms with Gasteiger partial charge in [-0.2, -0.15) is 0 Å². The summed E-state index contributed by atoms with van der Waals surface area (Å²) in [6.07, 6.45) is 1.65. The minimum absolute atomic E-state index is 0.237. The Bertz CT molecular complexity index is 986. The van der Waals surface area contributed by atoms with Gasteiger partial charge in [-0.1, -0.05) is 48.5 Å². The average molecular weight is 388 g/mol. The van der Waals surface area contributed by atoms with Gasteiger partial charge in [-0.05, 0) is 66.4 Å². The second-order valence-electron chi connectivity index (χ2n) is 6.82. The van der Waals surface area contributed by atoms with Crippen LogP contribution in [-0.2, 0) is 4.79 Å². The van der Waals surface area contributed by atoms with Crippen molar-refractivity contribution >= 4 is 17.6 Å². The van der Waals surface area contributed by atoms with Crippen molar-refractivity contribution in [3.63, 3.8) is 0 Å². The third-order valence-corrected chi connectivity index (χ3v) is 4.30.